The predicted molar refractivity (Wildman–Crippen MR) is 137 cm³/mol. The number of hydrogen-bond acceptors (Lipinski definition) is 7. The third-order valence-corrected chi connectivity index (χ3v) is 7.66. The number of carbonyl (C=O) groups is 1. The Hall–Kier alpha value is -2.38. The van der Waals surface area contributed by atoms with Crippen LogP contribution in [0.1, 0.15) is 50.9 Å². The fourth-order valence-electron chi connectivity index (χ4n) is 4.67. The molecule has 4 heterocycles. The van der Waals surface area contributed by atoms with Gasteiger partial charge in [-0.15, -0.1) is 0 Å². The molecule has 2 saturated heterocycles. The number of amides is 1. The van der Waals surface area contributed by atoms with Crippen LogP contribution in [-0.4, -0.2) is 50.5 Å². The number of nitrogens with one attached hydrogen (secondary N) is 1. The lowest BCUT2D eigenvalue weighted by Gasteiger charge is -2.39. The lowest BCUT2D eigenvalue weighted by molar-refractivity contribution is -0.125. The van der Waals surface area contributed by atoms with Gasteiger partial charge in [-0.3, -0.25) is 4.79 Å². The summed E-state index contributed by atoms with van der Waals surface area (Å²) in [5.41, 5.74) is 1.81. The van der Waals surface area contributed by atoms with E-state index >= 15 is 0 Å². The Morgan fingerprint density at radius 2 is 2.00 bits per heavy atom. The monoisotopic (exact) mass is 594 g/mol. The molecule has 11 heteroatoms. The van der Waals surface area contributed by atoms with E-state index in [1.54, 1.807) is 12.1 Å². The highest BCUT2D eigenvalue weighted by Gasteiger charge is 2.38. The van der Waals surface area contributed by atoms with Crippen molar-refractivity contribution in [3.8, 4) is 0 Å². The summed E-state index contributed by atoms with van der Waals surface area (Å²) in [6.07, 6.45) is 4.02. The summed E-state index contributed by atoms with van der Waals surface area (Å²) in [5.74, 6) is 0.190. The van der Waals surface area contributed by atoms with Crippen LogP contribution in [0.5, 0.6) is 0 Å². The van der Waals surface area contributed by atoms with Crippen molar-refractivity contribution in [2.45, 2.75) is 51.9 Å². The summed E-state index contributed by atoms with van der Waals surface area (Å²) in [6.45, 7) is 3.58. The minimum atomic E-state index is -0.575. The smallest absolute Gasteiger partial charge is 0.230 e. The maximum atomic E-state index is 13.2. The molecule has 0 saturated carbocycles. The van der Waals surface area contributed by atoms with Crippen molar-refractivity contribution < 1.29 is 19.0 Å². The minimum Gasteiger partial charge on any atom is -0.390 e. The molecule has 2 aliphatic rings. The van der Waals surface area contributed by atoms with Crippen LogP contribution in [-0.2, 0) is 16.1 Å². The maximum absolute atomic E-state index is 13.2. The third-order valence-electron chi connectivity index (χ3n) is 6.93. The van der Waals surface area contributed by atoms with Gasteiger partial charge in [-0.2, -0.15) is 5.10 Å². The Morgan fingerprint density at radius 1 is 1.26 bits per heavy atom. The van der Waals surface area contributed by atoms with Crippen LogP contribution in [0.15, 0.2) is 24.3 Å². The number of rotatable bonds is 5. The van der Waals surface area contributed by atoms with Crippen LogP contribution in [0, 0.1) is 14.9 Å². The molecule has 1 aromatic carbocycles. The molecule has 0 bridgehead atoms. The minimum absolute atomic E-state index is 0.0882. The molecule has 2 aliphatic heterocycles. The van der Waals surface area contributed by atoms with E-state index in [1.807, 2.05) is 11.6 Å². The van der Waals surface area contributed by atoms with Crippen molar-refractivity contribution >= 4 is 51.2 Å². The quantitative estimate of drug-likeness (QED) is 0.431. The molecule has 186 valence electrons. The normalized spacial score (nSPS) is 20.2. The fourth-order valence-corrected chi connectivity index (χ4v) is 5.27. The first-order chi connectivity index (χ1) is 16.9. The summed E-state index contributed by atoms with van der Waals surface area (Å²) in [6, 6.07) is 5.78. The van der Waals surface area contributed by atoms with Crippen molar-refractivity contribution in [3.63, 3.8) is 0 Å². The molecule has 3 aromatic rings. The molecule has 2 N–H and O–H groups in total. The SMILES string of the molecule is CC1(C(=O)Nc2ccc(F)cc2)CCN(c2nc3c(nc2CO)c(I)nn3C2CCCCO2)CC1. The Balaban J connectivity index is 1.36. The zero-order valence-electron chi connectivity index (χ0n) is 19.5. The average molecular weight is 594 g/mol. The van der Waals surface area contributed by atoms with Crippen LogP contribution in [0.25, 0.3) is 11.2 Å². The Morgan fingerprint density at radius 3 is 2.66 bits per heavy atom. The van der Waals surface area contributed by atoms with E-state index in [4.69, 9.17) is 14.7 Å². The van der Waals surface area contributed by atoms with E-state index < -0.39 is 5.41 Å². The molecule has 5 rings (SSSR count). The zero-order chi connectivity index (χ0) is 24.6. The second-order valence-corrected chi connectivity index (χ2v) is 10.4. The van der Waals surface area contributed by atoms with Crippen LogP contribution in [0.4, 0.5) is 15.9 Å². The van der Waals surface area contributed by atoms with Gasteiger partial charge in [0.2, 0.25) is 5.91 Å². The lowest BCUT2D eigenvalue weighted by atomic mass is 9.79. The number of aliphatic hydroxyl groups is 1. The van der Waals surface area contributed by atoms with Crippen molar-refractivity contribution in [1.29, 1.82) is 0 Å². The largest absolute Gasteiger partial charge is 0.390 e. The van der Waals surface area contributed by atoms with Crippen LogP contribution >= 0.6 is 22.6 Å². The summed E-state index contributed by atoms with van der Waals surface area (Å²) in [7, 11) is 0. The molecule has 1 atom stereocenters. The number of ether oxygens (including phenoxy) is 1. The standard InChI is InChI=1S/C24H28FIN6O3/c1-24(23(34)27-16-7-5-15(25)6-8-16)9-11-31(12-10-24)21-17(14-33)28-19-20(26)30-32(22(19)29-21)18-4-2-3-13-35-18/h5-8,18,33H,2-4,9-14H2,1H3,(H,27,34). The number of aliphatic hydroxyl groups excluding tert-OH is 1. The topological polar surface area (TPSA) is 105 Å². The number of hydrogen-bond donors (Lipinski definition) is 2. The predicted octanol–water partition coefficient (Wildman–Crippen LogP) is 4.01. The van der Waals surface area contributed by atoms with Crippen molar-refractivity contribution in [2.75, 3.05) is 29.9 Å². The van der Waals surface area contributed by atoms with E-state index in [9.17, 15) is 14.3 Å². The van der Waals surface area contributed by atoms with Gasteiger partial charge in [0.25, 0.3) is 0 Å². The number of benzene rings is 1. The summed E-state index contributed by atoms with van der Waals surface area (Å²) >= 11 is 2.15. The molecule has 2 aromatic heterocycles. The molecular formula is C24H28FIN6O3. The molecule has 0 aliphatic carbocycles. The number of carbonyl (C=O) groups excluding carboxylic acids is 1. The third kappa shape index (κ3) is 4.85. The number of piperidine rings is 1. The van der Waals surface area contributed by atoms with Gasteiger partial charge in [-0.25, -0.2) is 19.0 Å². The Labute approximate surface area is 216 Å². The Bertz CT molecular complexity index is 1220. The van der Waals surface area contributed by atoms with Crippen molar-refractivity contribution in [3.05, 3.63) is 39.5 Å². The van der Waals surface area contributed by atoms with Gasteiger partial charge >= 0.3 is 0 Å². The van der Waals surface area contributed by atoms with E-state index in [1.165, 1.54) is 12.1 Å². The number of anilines is 2. The molecule has 1 amide bonds. The average Bonchev–Trinajstić information content (AvgIpc) is 3.21. The first-order valence-electron chi connectivity index (χ1n) is 11.9. The van der Waals surface area contributed by atoms with Crippen molar-refractivity contribution in [2.24, 2.45) is 5.41 Å². The molecule has 2 fully saturated rings. The first-order valence-corrected chi connectivity index (χ1v) is 12.9. The first kappa shape index (κ1) is 24.3. The van der Waals surface area contributed by atoms with Gasteiger partial charge in [0, 0.05) is 25.4 Å². The molecule has 35 heavy (non-hydrogen) atoms. The lowest BCUT2D eigenvalue weighted by Crippen LogP contribution is -2.45. The maximum Gasteiger partial charge on any atom is 0.230 e. The number of halogens is 2. The molecule has 0 radical (unpaired) electrons. The van der Waals surface area contributed by atoms with E-state index in [2.05, 4.69) is 37.9 Å². The van der Waals surface area contributed by atoms with Gasteiger partial charge in [-0.05, 0) is 79.0 Å². The number of aromatic nitrogens is 4. The zero-order valence-corrected chi connectivity index (χ0v) is 21.7. The summed E-state index contributed by atoms with van der Waals surface area (Å²) in [4.78, 5) is 24.7. The molecule has 1 unspecified atom stereocenters. The highest BCUT2D eigenvalue weighted by Crippen LogP contribution is 2.36. The van der Waals surface area contributed by atoms with Gasteiger partial charge < -0.3 is 20.1 Å². The highest BCUT2D eigenvalue weighted by molar-refractivity contribution is 14.1. The van der Waals surface area contributed by atoms with Gasteiger partial charge in [0.1, 0.15) is 17.0 Å². The van der Waals surface area contributed by atoms with E-state index in [-0.39, 0.29) is 24.6 Å². The molecule has 0 spiro atoms. The van der Waals surface area contributed by atoms with Crippen LogP contribution < -0.4 is 10.2 Å². The fraction of sp³-hybridized carbons (Fsp3) is 0.500. The summed E-state index contributed by atoms with van der Waals surface area (Å²) < 4.78 is 21.7. The van der Waals surface area contributed by atoms with Crippen molar-refractivity contribution in [1.82, 2.24) is 19.7 Å². The Kier molecular flexibility index (Phi) is 6.91. The van der Waals surface area contributed by atoms with Gasteiger partial charge in [0.05, 0.1) is 12.0 Å². The van der Waals surface area contributed by atoms with Gasteiger partial charge in [0.15, 0.2) is 21.4 Å². The number of nitrogens with zero attached hydrogens (tertiary/aromatic N) is 5. The van der Waals surface area contributed by atoms with Crippen LogP contribution in [0.2, 0.25) is 0 Å². The summed E-state index contributed by atoms with van der Waals surface area (Å²) in [5, 5.41) is 17.6. The van der Waals surface area contributed by atoms with Gasteiger partial charge in [-0.1, -0.05) is 6.92 Å². The second-order valence-electron chi connectivity index (χ2n) is 9.39. The number of fused-ring (bicyclic) bond motifs is 1. The van der Waals surface area contributed by atoms with E-state index in [0.717, 1.165) is 23.0 Å². The highest BCUT2D eigenvalue weighted by atomic mass is 127. The van der Waals surface area contributed by atoms with E-state index in [0.29, 0.717) is 60.9 Å². The molecular weight excluding hydrogens is 566 g/mol. The van der Waals surface area contributed by atoms with Crippen LogP contribution in [0.3, 0.4) is 0 Å². The molecule has 9 nitrogen and oxygen atoms in total. The second kappa shape index (κ2) is 9.94.